The molecule has 1 fully saturated rings. The van der Waals surface area contributed by atoms with Crippen molar-refractivity contribution in [2.75, 3.05) is 26.9 Å². The number of phenols is 1. The molecule has 1 atom stereocenters. The standard InChI is InChI=1S/C20H19N3O5/c1-26-14-7-8-17(24)15(11-14)20(25)23-9-10-27-12-16(23)18-21-19(28-22-18)13-5-3-2-4-6-13/h2-8,11,16,24H,9-10,12H2,1H3/t16-/m1/s1. The van der Waals surface area contributed by atoms with E-state index in [1.165, 1.54) is 19.2 Å². The minimum atomic E-state index is -0.520. The topological polar surface area (TPSA) is 97.9 Å². The summed E-state index contributed by atoms with van der Waals surface area (Å²) in [4.78, 5) is 19.1. The van der Waals surface area contributed by atoms with Crippen LogP contribution in [0.25, 0.3) is 11.5 Å². The highest BCUT2D eigenvalue weighted by Gasteiger charge is 2.34. The number of hydrogen-bond acceptors (Lipinski definition) is 7. The second-order valence-electron chi connectivity index (χ2n) is 6.30. The lowest BCUT2D eigenvalue weighted by Gasteiger charge is -2.33. The number of aromatic nitrogens is 2. The van der Waals surface area contributed by atoms with Crippen LogP contribution in [0, 0.1) is 0 Å². The zero-order valence-corrected chi connectivity index (χ0v) is 15.2. The zero-order chi connectivity index (χ0) is 19.5. The molecule has 2 heterocycles. The molecule has 8 heteroatoms. The van der Waals surface area contributed by atoms with Crippen molar-refractivity contribution >= 4 is 5.91 Å². The highest BCUT2D eigenvalue weighted by molar-refractivity contribution is 5.97. The molecule has 1 N–H and O–H groups in total. The number of ether oxygens (including phenoxy) is 2. The van der Waals surface area contributed by atoms with Gasteiger partial charge in [-0.2, -0.15) is 4.98 Å². The van der Waals surface area contributed by atoms with Gasteiger partial charge in [-0.15, -0.1) is 0 Å². The summed E-state index contributed by atoms with van der Waals surface area (Å²) in [5.74, 6) is 0.744. The number of carbonyl (C=O) groups is 1. The molecule has 0 bridgehead atoms. The molecule has 1 aromatic heterocycles. The summed E-state index contributed by atoms with van der Waals surface area (Å²) in [7, 11) is 1.50. The molecule has 1 aliphatic rings. The second-order valence-corrected chi connectivity index (χ2v) is 6.30. The molecule has 0 saturated carbocycles. The Labute approximate surface area is 161 Å². The van der Waals surface area contributed by atoms with Crippen LogP contribution < -0.4 is 4.74 Å². The van der Waals surface area contributed by atoms with Gasteiger partial charge in [-0.3, -0.25) is 4.79 Å². The van der Waals surface area contributed by atoms with Gasteiger partial charge < -0.3 is 24.0 Å². The maximum atomic E-state index is 13.1. The lowest BCUT2D eigenvalue weighted by Crippen LogP contribution is -2.43. The number of hydrogen-bond donors (Lipinski definition) is 1. The van der Waals surface area contributed by atoms with Gasteiger partial charge in [0.1, 0.15) is 17.5 Å². The Hall–Kier alpha value is -3.39. The van der Waals surface area contributed by atoms with Gasteiger partial charge in [-0.05, 0) is 30.3 Å². The van der Waals surface area contributed by atoms with Gasteiger partial charge >= 0.3 is 0 Å². The van der Waals surface area contributed by atoms with Crippen LogP contribution >= 0.6 is 0 Å². The van der Waals surface area contributed by atoms with Crippen LogP contribution in [0.5, 0.6) is 11.5 Å². The van der Waals surface area contributed by atoms with Crippen molar-refractivity contribution in [3.63, 3.8) is 0 Å². The van der Waals surface area contributed by atoms with Crippen LogP contribution in [-0.2, 0) is 4.74 Å². The predicted molar refractivity (Wildman–Crippen MR) is 99.0 cm³/mol. The van der Waals surface area contributed by atoms with Crippen molar-refractivity contribution in [2.45, 2.75) is 6.04 Å². The zero-order valence-electron chi connectivity index (χ0n) is 15.2. The molecule has 0 unspecified atom stereocenters. The summed E-state index contributed by atoms with van der Waals surface area (Å²) in [6.45, 7) is 0.968. The monoisotopic (exact) mass is 381 g/mol. The molecule has 1 aliphatic heterocycles. The van der Waals surface area contributed by atoms with E-state index in [1.54, 1.807) is 11.0 Å². The number of phenolic OH excluding ortho intramolecular Hbond substituents is 1. The number of morpholine rings is 1. The lowest BCUT2D eigenvalue weighted by molar-refractivity contribution is -0.00591. The number of amides is 1. The van der Waals surface area contributed by atoms with Crippen molar-refractivity contribution in [2.24, 2.45) is 0 Å². The van der Waals surface area contributed by atoms with Crippen LogP contribution in [0.15, 0.2) is 53.1 Å². The molecule has 28 heavy (non-hydrogen) atoms. The van der Waals surface area contributed by atoms with Gasteiger partial charge in [0, 0.05) is 12.1 Å². The third kappa shape index (κ3) is 3.41. The molecule has 3 aromatic rings. The summed E-state index contributed by atoms with van der Waals surface area (Å²) in [5.41, 5.74) is 0.944. The van der Waals surface area contributed by atoms with E-state index in [0.29, 0.717) is 30.6 Å². The Morgan fingerprint density at radius 1 is 1.25 bits per heavy atom. The quantitative estimate of drug-likeness (QED) is 0.742. The van der Waals surface area contributed by atoms with Crippen LogP contribution in [0.1, 0.15) is 22.2 Å². The fourth-order valence-electron chi connectivity index (χ4n) is 3.10. The Kier molecular flexibility index (Phi) is 4.94. The van der Waals surface area contributed by atoms with E-state index in [2.05, 4.69) is 10.1 Å². The smallest absolute Gasteiger partial charge is 0.258 e. The van der Waals surface area contributed by atoms with Gasteiger partial charge in [-0.25, -0.2) is 0 Å². The minimum absolute atomic E-state index is 0.117. The summed E-state index contributed by atoms with van der Waals surface area (Å²) in [6, 6.07) is 13.4. The third-order valence-corrected chi connectivity index (χ3v) is 4.58. The van der Waals surface area contributed by atoms with Crippen LogP contribution in [-0.4, -0.2) is 52.9 Å². The van der Waals surface area contributed by atoms with E-state index < -0.39 is 6.04 Å². The van der Waals surface area contributed by atoms with Crippen molar-refractivity contribution < 1.29 is 23.9 Å². The summed E-state index contributed by atoms with van der Waals surface area (Å²) in [5, 5.41) is 14.2. The fourth-order valence-corrected chi connectivity index (χ4v) is 3.10. The molecule has 1 amide bonds. The van der Waals surface area contributed by atoms with Crippen molar-refractivity contribution in [1.82, 2.24) is 15.0 Å². The molecule has 2 aromatic carbocycles. The maximum absolute atomic E-state index is 13.1. The Bertz CT molecular complexity index is 973. The number of rotatable bonds is 4. The second kappa shape index (κ2) is 7.69. The first-order chi connectivity index (χ1) is 13.7. The lowest BCUT2D eigenvalue weighted by atomic mass is 10.1. The summed E-state index contributed by atoms with van der Waals surface area (Å²) >= 11 is 0. The van der Waals surface area contributed by atoms with E-state index in [-0.39, 0.29) is 23.8 Å². The predicted octanol–water partition coefficient (Wildman–Crippen LogP) is 2.66. The molecular weight excluding hydrogens is 362 g/mol. The van der Waals surface area contributed by atoms with Crippen LogP contribution in [0.3, 0.4) is 0 Å². The van der Waals surface area contributed by atoms with Crippen LogP contribution in [0.2, 0.25) is 0 Å². The molecular formula is C20H19N3O5. The largest absolute Gasteiger partial charge is 0.507 e. The average Bonchev–Trinajstić information content (AvgIpc) is 3.24. The van der Waals surface area contributed by atoms with Crippen molar-refractivity contribution in [3.8, 4) is 23.0 Å². The number of nitrogens with zero attached hydrogens (tertiary/aromatic N) is 3. The van der Waals surface area contributed by atoms with E-state index >= 15 is 0 Å². The first-order valence-electron chi connectivity index (χ1n) is 8.82. The van der Waals surface area contributed by atoms with E-state index in [4.69, 9.17) is 14.0 Å². The first-order valence-corrected chi connectivity index (χ1v) is 8.82. The molecule has 1 saturated heterocycles. The number of carbonyl (C=O) groups excluding carboxylic acids is 1. The molecule has 0 aliphatic carbocycles. The highest BCUT2D eigenvalue weighted by Crippen LogP contribution is 2.30. The Balaban J connectivity index is 1.64. The number of methoxy groups -OCH3 is 1. The van der Waals surface area contributed by atoms with Gasteiger partial charge in [0.25, 0.3) is 11.8 Å². The normalized spacial score (nSPS) is 16.8. The molecule has 0 spiro atoms. The maximum Gasteiger partial charge on any atom is 0.258 e. The Morgan fingerprint density at radius 2 is 2.07 bits per heavy atom. The Morgan fingerprint density at radius 3 is 2.86 bits per heavy atom. The van der Waals surface area contributed by atoms with Gasteiger partial charge in [-0.1, -0.05) is 23.4 Å². The number of aromatic hydroxyl groups is 1. The van der Waals surface area contributed by atoms with Crippen molar-refractivity contribution in [3.05, 3.63) is 59.9 Å². The average molecular weight is 381 g/mol. The van der Waals surface area contributed by atoms with Gasteiger partial charge in [0.15, 0.2) is 5.82 Å². The highest BCUT2D eigenvalue weighted by atomic mass is 16.5. The number of benzene rings is 2. The van der Waals surface area contributed by atoms with Crippen LogP contribution in [0.4, 0.5) is 0 Å². The van der Waals surface area contributed by atoms with Gasteiger partial charge in [0.05, 0.1) is 25.9 Å². The first kappa shape index (κ1) is 18.0. The van der Waals surface area contributed by atoms with E-state index in [9.17, 15) is 9.90 Å². The molecule has 144 valence electrons. The van der Waals surface area contributed by atoms with Gasteiger partial charge in [0.2, 0.25) is 0 Å². The van der Waals surface area contributed by atoms with Crippen molar-refractivity contribution in [1.29, 1.82) is 0 Å². The molecule has 4 rings (SSSR count). The summed E-state index contributed by atoms with van der Waals surface area (Å²) < 4.78 is 16.1. The van der Waals surface area contributed by atoms with E-state index in [0.717, 1.165) is 5.56 Å². The fraction of sp³-hybridized carbons (Fsp3) is 0.250. The minimum Gasteiger partial charge on any atom is -0.507 e. The van der Waals surface area contributed by atoms with E-state index in [1.807, 2.05) is 30.3 Å². The SMILES string of the molecule is COc1ccc(O)c(C(=O)N2CCOC[C@@H]2c2noc(-c3ccccc3)n2)c1. The summed E-state index contributed by atoms with van der Waals surface area (Å²) in [6.07, 6.45) is 0. The molecule has 0 radical (unpaired) electrons. The third-order valence-electron chi connectivity index (χ3n) is 4.58. The molecule has 8 nitrogen and oxygen atoms in total.